The first-order chi connectivity index (χ1) is 4.96. The van der Waals surface area contributed by atoms with Crippen molar-refractivity contribution in [2.75, 3.05) is 13.1 Å². The third-order valence-electron chi connectivity index (χ3n) is 1.96. The fraction of sp³-hybridized carbons (Fsp3) is 1.00. The lowest BCUT2D eigenvalue weighted by atomic mass is 9.92. The highest BCUT2D eigenvalue weighted by Crippen LogP contribution is 2.36. The third kappa shape index (κ3) is 2.09. The summed E-state index contributed by atoms with van der Waals surface area (Å²) in [5.74, 6) is 0. The monoisotopic (exact) mass is 186 g/mol. The summed E-state index contributed by atoms with van der Waals surface area (Å²) >= 11 is 0. The van der Waals surface area contributed by atoms with Crippen LogP contribution in [0.25, 0.3) is 0 Å². The van der Waals surface area contributed by atoms with Gasteiger partial charge in [0.2, 0.25) is 0 Å². The van der Waals surface area contributed by atoms with Gasteiger partial charge in [-0.15, -0.1) is 0 Å². The minimum atomic E-state index is -4.48. The molecular formula is C6H13F3N2O. The predicted octanol–water partition coefficient (Wildman–Crippen LogP) is 0.825. The zero-order valence-electron chi connectivity index (χ0n) is 6.62. The van der Waals surface area contributed by atoms with E-state index in [9.17, 15) is 13.2 Å². The van der Waals surface area contributed by atoms with Gasteiger partial charge in [0.25, 0.3) is 0 Å². The SMILES string of the molecule is N.OC1(C(F)(F)F)CCNCC1. The number of aliphatic hydroxyl groups is 1. The van der Waals surface area contributed by atoms with Crippen molar-refractivity contribution < 1.29 is 18.3 Å². The lowest BCUT2D eigenvalue weighted by molar-refractivity contribution is -0.267. The number of piperidine rings is 1. The molecule has 12 heavy (non-hydrogen) atoms. The van der Waals surface area contributed by atoms with Crippen molar-refractivity contribution in [3.05, 3.63) is 0 Å². The smallest absolute Gasteiger partial charge is 0.380 e. The zero-order chi connectivity index (χ0) is 8.54. The maximum atomic E-state index is 12.0. The molecule has 1 aliphatic rings. The zero-order valence-corrected chi connectivity index (χ0v) is 6.62. The molecule has 5 N–H and O–H groups in total. The molecule has 1 heterocycles. The Morgan fingerprint density at radius 1 is 1.17 bits per heavy atom. The Labute approximate surface area is 68.5 Å². The maximum absolute atomic E-state index is 12.0. The molecule has 1 aliphatic heterocycles. The molecule has 0 aromatic heterocycles. The van der Waals surface area contributed by atoms with Crippen molar-refractivity contribution in [3.63, 3.8) is 0 Å². The summed E-state index contributed by atoms with van der Waals surface area (Å²) in [7, 11) is 0. The summed E-state index contributed by atoms with van der Waals surface area (Å²) in [5.41, 5.74) is -2.45. The molecular weight excluding hydrogens is 173 g/mol. The van der Waals surface area contributed by atoms with E-state index in [1.165, 1.54) is 0 Å². The van der Waals surface area contributed by atoms with Crippen LogP contribution in [-0.2, 0) is 0 Å². The van der Waals surface area contributed by atoms with Crippen LogP contribution in [0.3, 0.4) is 0 Å². The summed E-state index contributed by atoms with van der Waals surface area (Å²) in [6.45, 7) is 0.464. The van der Waals surface area contributed by atoms with Gasteiger partial charge >= 0.3 is 6.18 Å². The largest absolute Gasteiger partial charge is 0.417 e. The number of nitrogens with one attached hydrogen (secondary N) is 1. The molecule has 3 nitrogen and oxygen atoms in total. The van der Waals surface area contributed by atoms with E-state index >= 15 is 0 Å². The highest BCUT2D eigenvalue weighted by molar-refractivity contribution is 4.90. The summed E-state index contributed by atoms with van der Waals surface area (Å²) in [6.07, 6.45) is -4.96. The second-order valence-corrected chi connectivity index (χ2v) is 2.78. The van der Waals surface area contributed by atoms with Crippen LogP contribution in [-0.4, -0.2) is 30.0 Å². The van der Waals surface area contributed by atoms with Crippen LogP contribution in [0.15, 0.2) is 0 Å². The van der Waals surface area contributed by atoms with Gasteiger partial charge in [-0.05, 0) is 25.9 Å². The van der Waals surface area contributed by atoms with Crippen LogP contribution >= 0.6 is 0 Å². The lowest BCUT2D eigenvalue weighted by Gasteiger charge is -2.34. The predicted molar refractivity (Wildman–Crippen MR) is 38.1 cm³/mol. The Bertz CT molecular complexity index is 142. The molecule has 74 valence electrons. The summed E-state index contributed by atoms with van der Waals surface area (Å²) in [5, 5.41) is 11.8. The number of hydrogen-bond donors (Lipinski definition) is 3. The average molecular weight is 186 g/mol. The minimum absolute atomic E-state index is 0. The molecule has 0 spiro atoms. The van der Waals surface area contributed by atoms with E-state index in [1.54, 1.807) is 0 Å². The highest BCUT2D eigenvalue weighted by atomic mass is 19.4. The first kappa shape index (κ1) is 11.7. The Kier molecular flexibility index (Phi) is 3.49. The molecule has 0 amide bonds. The Morgan fingerprint density at radius 2 is 1.58 bits per heavy atom. The van der Waals surface area contributed by atoms with Crippen molar-refractivity contribution >= 4 is 0 Å². The Balaban J connectivity index is 0.00000121. The topological polar surface area (TPSA) is 67.3 Å². The number of hydrogen-bond acceptors (Lipinski definition) is 3. The van der Waals surface area contributed by atoms with Gasteiger partial charge in [0.15, 0.2) is 5.60 Å². The Morgan fingerprint density at radius 3 is 1.83 bits per heavy atom. The number of rotatable bonds is 0. The molecule has 0 aliphatic carbocycles. The second kappa shape index (κ2) is 3.59. The number of alkyl halides is 3. The third-order valence-corrected chi connectivity index (χ3v) is 1.96. The maximum Gasteiger partial charge on any atom is 0.417 e. The van der Waals surface area contributed by atoms with Gasteiger partial charge in [0, 0.05) is 0 Å². The van der Waals surface area contributed by atoms with Crippen molar-refractivity contribution in [2.45, 2.75) is 24.6 Å². The molecule has 0 radical (unpaired) electrons. The average Bonchev–Trinajstić information content (AvgIpc) is 1.87. The fourth-order valence-electron chi connectivity index (χ4n) is 1.12. The van der Waals surface area contributed by atoms with Crippen LogP contribution in [0.1, 0.15) is 12.8 Å². The van der Waals surface area contributed by atoms with Crippen molar-refractivity contribution in [3.8, 4) is 0 Å². The molecule has 1 fully saturated rings. The molecule has 0 bridgehead atoms. The lowest BCUT2D eigenvalue weighted by Crippen LogP contribution is -2.52. The second-order valence-electron chi connectivity index (χ2n) is 2.78. The first-order valence-electron chi connectivity index (χ1n) is 3.45. The molecule has 0 aromatic carbocycles. The van der Waals surface area contributed by atoms with Gasteiger partial charge in [-0.2, -0.15) is 13.2 Å². The minimum Gasteiger partial charge on any atom is -0.380 e. The van der Waals surface area contributed by atoms with E-state index in [0.29, 0.717) is 0 Å². The molecule has 6 heteroatoms. The van der Waals surface area contributed by atoms with E-state index in [4.69, 9.17) is 5.11 Å². The summed E-state index contributed by atoms with van der Waals surface area (Å²) in [4.78, 5) is 0. The first-order valence-corrected chi connectivity index (χ1v) is 3.45. The number of halogens is 3. The standard InChI is InChI=1S/C6H10F3NO.H3N/c7-6(8,9)5(11)1-3-10-4-2-5;/h10-11H,1-4H2;1H3. The van der Waals surface area contributed by atoms with Crippen LogP contribution in [0.2, 0.25) is 0 Å². The summed E-state index contributed by atoms with van der Waals surface area (Å²) < 4.78 is 36.1. The molecule has 0 aromatic rings. The van der Waals surface area contributed by atoms with Gasteiger partial charge in [0.05, 0.1) is 0 Å². The molecule has 0 saturated carbocycles. The van der Waals surface area contributed by atoms with E-state index < -0.39 is 11.8 Å². The van der Waals surface area contributed by atoms with E-state index in [0.717, 1.165) is 0 Å². The van der Waals surface area contributed by atoms with Crippen molar-refractivity contribution in [2.24, 2.45) is 0 Å². The van der Waals surface area contributed by atoms with Crippen LogP contribution < -0.4 is 11.5 Å². The van der Waals surface area contributed by atoms with Gasteiger partial charge in [0.1, 0.15) is 0 Å². The molecule has 1 rings (SSSR count). The van der Waals surface area contributed by atoms with E-state index in [-0.39, 0.29) is 32.1 Å². The molecule has 1 saturated heterocycles. The van der Waals surface area contributed by atoms with Gasteiger partial charge in [-0.1, -0.05) is 0 Å². The van der Waals surface area contributed by atoms with Gasteiger partial charge < -0.3 is 16.6 Å². The summed E-state index contributed by atoms with van der Waals surface area (Å²) in [6, 6.07) is 0. The highest BCUT2D eigenvalue weighted by Gasteiger charge is 2.53. The van der Waals surface area contributed by atoms with Crippen LogP contribution in [0.5, 0.6) is 0 Å². The Hall–Kier alpha value is -0.330. The van der Waals surface area contributed by atoms with Gasteiger partial charge in [-0.25, -0.2) is 0 Å². The van der Waals surface area contributed by atoms with E-state index in [1.807, 2.05) is 0 Å². The van der Waals surface area contributed by atoms with E-state index in [2.05, 4.69) is 5.32 Å². The quantitative estimate of drug-likeness (QED) is 0.524. The molecule has 0 unspecified atom stereocenters. The van der Waals surface area contributed by atoms with Gasteiger partial charge in [-0.3, -0.25) is 0 Å². The molecule has 0 atom stereocenters. The van der Waals surface area contributed by atoms with Crippen molar-refractivity contribution in [1.82, 2.24) is 11.5 Å². The fourth-order valence-corrected chi connectivity index (χ4v) is 1.12. The normalized spacial score (nSPS) is 23.0. The van der Waals surface area contributed by atoms with Crippen molar-refractivity contribution in [1.29, 1.82) is 0 Å². The van der Waals surface area contributed by atoms with Crippen LogP contribution in [0, 0.1) is 0 Å². The van der Waals surface area contributed by atoms with Crippen LogP contribution in [0.4, 0.5) is 13.2 Å².